The Morgan fingerprint density at radius 1 is 0.968 bits per heavy atom. The number of methoxy groups -OCH3 is 1. The average molecular weight is 439 g/mol. The van der Waals surface area contributed by atoms with Crippen molar-refractivity contribution < 1.29 is 22.7 Å². The minimum absolute atomic E-state index is 0.0414. The molecular formula is C23H22N2O5S. The predicted molar refractivity (Wildman–Crippen MR) is 120 cm³/mol. The van der Waals surface area contributed by atoms with Crippen LogP contribution >= 0.6 is 0 Å². The first-order valence-electron chi connectivity index (χ1n) is 9.33. The van der Waals surface area contributed by atoms with Gasteiger partial charge in [-0.25, -0.2) is 8.42 Å². The van der Waals surface area contributed by atoms with Crippen LogP contribution in [0.5, 0.6) is 11.5 Å². The smallest absolute Gasteiger partial charge is 0.261 e. The van der Waals surface area contributed by atoms with Crippen molar-refractivity contribution in [3.63, 3.8) is 0 Å². The molecular weight excluding hydrogens is 416 g/mol. The van der Waals surface area contributed by atoms with E-state index in [4.69, 9.17) is 9.47 Å². The van der Waals surface area contributed by atoms with Gasteiger partial charge in [0.1, 0.15) is 18.1 Å². The van der Waals surface area contributed by atoms with Crippen molar-refractivity contribution in [3.05, 3.63) is 91.0 Å². The van der Waals surface area contributed by atoms with E-state index in [0.29, 0.717) is 35.0 Å². The van der Waals surface area contributed by atoms with Crippen LogP contribution in [0.1, 0.15) is 10.4 Å². The molecule has 8 heteroatoms. The third-order valence-electron chi connectivity index (χ3n) is 4.23. The fourth-order valence-electron chi connectivity index (χ4n) is 2.68. The molecule has 0 aliphatic rings. The van der Waals surface area contributed by atoms with Crippen molar-refractivity contribution in [1.82, 2.24) is 0 Å². The summed E-state index contributed by atoms with van der Waals surface area (Å²) >= 11 is 0. The van der Waals surface area contributed by atoms with Crippen LogP contribution in [0.25, 0.3) is 0 Å². The van der Waals surface area contributed by atoms with Crippen LogP contribution in [0, 0.1) is 0 Å². The van der Waals surface area contributed by atoms with Crippen molar-refractivity contribution in [2.45, 2.75) is 4.90 Å². The number of hydrogen-bond acceptors (Lipinski definition) is 5. The molecule has 7 nitrogen and oxygen atoms in total. The van der Waals surface area contributed by atoms with E-state index >= 15 is 0 Å². The van der Waals surface area contributed by atoms with Crippen LogP contribution in [-0.2, 0) is 10.0 Å². The van der Waals surface area contributed by atoms with Crippen molar-refractivity contribution in [3.8, 4) is 11.5 Å². The van der Waals surface area contributed by atoms with E-state index in [2.05, 4.69) is 16.6 Å². The second-order valence-corrected chi connectivity index (χ2v) is 8.12. The Labute approximate surface area is 181 Å². The lowest BCUT2D eigenvalue weighted by molar-refractivity contribution is 0.102. The van der Waals surface area contributed by atoms with Crippen LogP contribution in [0.4, 0.5) is 11.4 Å². The number of hydrogen-bond donors (Lipinski definition) is 2. The second kappa shape index (κ2) is 9.82. The lowest BCUT2D eigenvalue weighted by atomic mass is 10.2. The van der Waals surface area contributed by atoms with Crippen LogP contribution in [0.3, 0.4) is 0 Å². The van der Waals surface area contributed by atoms with Gasteiger partial charge in [0.05, 0.1) is 12.0 Å². The Morgan fingerprint density at radius 3 is 2.32 bits per heavy atom. The number of rotatable bonds is 9. The summed E-state index contributed by atoms with van der Waals surface area (Å²) in [6.07, 6.45) is 1.63. The Bertz CT molecular complexity index is 1160. The summed E-state index contributed by atoms with van der Waals surface area (Å²) in [5.74, 6) is 0.854. The van der Waals surface area contributed by atoms with E-state index in [1.54, 1.807) is 54.6 Å². The molecule has 0 aliphatic carbocycles. The maximum absolute atomic E-state index is 12.6. The van der Waals surface area contributed by atoms with Crippen molar-refractivity contribution in [2.75, 3.05) is 23.8 Å². The summed E-state index contributed by atoms with van der Waals surface area (Å²) in [4.78, 5) is 12.5. The molecule has 0 radical (unpaired) electrons. The highest BCUT2D eigenvalue weighted by Gasteiger charge is 2.15. The third-order valence-corrected chi connectivity index (χ3v) is 5.63. The van der Waals surface area contributed by atoms with Gasteiger partial charge in [0.15, 0.2) is 0 Å². The fourth-order valence-corrected chi connectivity index (χ4v) is 3.74. The molecule has 0 atom stereocenters. The summed E-state index contributed by atoms with van der Waals surface area (Å²) in [6.45, 7) is 3.95. The van der Waals surface area contributed by atoms with Gasteiger partial charge in [0.2, 0.25) is 0 Å². The number of carbonyl (C=O) groups is 1. The van der Waals surface area contributed by atoms with Gasteiger partial charge in [0.25, 0.3) is 15.9 Å². The molecule has 0 fully saturated rings. The summed E-state index contributed by atoms with van der Waals surface area (Å²) in [5, 5.41) is 2.76. The normalized spacial score (nSPS) is 10.7. The zero-order valence-corrected chi connectivity index (χ0v) is 17.7. The molecule has 0 bridgehead atoms. The van der Waals surface area contributed by atoms with E-state index in [1.807, 2.05) is 0 Å². The molecule has 0 aromatic heterocycles. The highest BCUT2D eigenvalue weighted by Crippen LogP contribution is 2.21. The van der Waals surface area contributed by atoms with Crippen molar-refractivity contribution in [2.24, 2.45) is 0 Å². The standard InChI is InChI=1S/C23H22N2O5S/c1-3-15-30-21-6-4-5-19(16-21)24-23(26)17-7-13-22(14-8-17)31(27,28)25-18-9-11-20(29-2)12-10-18/h3-14,16,25H,1,15H2,2H3,(H,24,26). The van der Waals surface area contributed by atoms with E-state index in [-0.39, 0.29) is 10.8 Å². The quantitative estimate of drug-likeness (QED) is 0.486. The highest BCUT2D eigenvalue weighted by atomic mass is 32.2. The molecule has 0 aliphatic heterocycles. The largest absolute Gasteiger partial charge is 0.497 e. The van der Waals surface area contributed by atoms with E-state index in [0.717, 1.165) is 0 Å². The first kappa shape index (κ1) is 21.9. The number of carbonyl (C=O) groups excluding carboxylic acids is 1. The molecule has 3 rings (SSSR count). The third kappa shape index (κ3) is 5.86. The number of benzene rings is 3. The minimum Gasteiger partial charge on any atom is -0.497 e. The predicted octanol–water partition coefficient (Wildman–Crippen LogP) is 4.31. The van der Waals surface area contributed by atoms with Gasteiger partial charge in [-0.05, 0) is 60.7 Å². The second-order valence-electron chi connectivity index (χ2n) is 6.44. The number of ether oxygens (including phenoxy) is 2. The van der Waals surface area contributed by atoms with Gasteiger partial charge in [-0.1, -0.05) is 18.7 Å². The maximum Gasteiger partial charge on any atom is 0.261 e. The Balaban J connectivity index is 1.68. The number of amides is 1. The van der Waals surface area contributed by atoms with Crippen molar-refractivity contribution in [1.29, 1.82) is 0 Å². The number of anilines is 2. The van der Waals surface area contributed by atoms with Gasteiger partial charge >= 0.3 is 0 Å². The van der Waals surface area contributed by atoms with E-state index < -0.39 is 10.0 Å². The SMILES string of the molecule is C=CCOc1cccc(NC(=O)c2ccc(S(=O)(=O)Nc3ccc(OC)cc3)cc2)c1. The van der Waals surface area contributed by atoms with Crippen LogP contribution in [0.15, 0.2) is 90.3 Å². The van der Waals surface area contributed by atoms with Crippen LogP contribution in [-0.4, -0.2) is 28.0 Å². The molecule has 3 aromatic carbocycles. The molecule has 0 saturated heterocycles. The number of sulfonamides is 1. The first-order valence-corrected chi connectivity index (χ1v) is 10.8. The molecule has 31 heavy (non-hydrogen) atoms. The van der Waals surface area contributed by atoms with Gasteiger partial charge < -0.3 is 14.8 Å². The molecule has 1 amide bonds. The van der Waals surface area contributed by atoms with Gasteiger partial charge in [-0.15, -0.1) is 0 Å². The molecule has 0 heterocycles. The summed E-state index contributed by atoms with van der Waals surface area (Å²) in [7, 11) is -2.26. The monoisotopic (exact) mass is 438 g/mol. The molecule has 2 N–H and O–H groups in total. The molecule has 0 spiro atoms. The van der Waals surface area contributed by atoms with Gasteiger partial charge in [-0.3, -0.25) is 9.52 Å². The zero-order valence-electron chi connectivity index (χ0n) is 16.9. The van der Waals surface area contributed by atoms with Crippen LogP contribution in [0.2, 0.25) is 0 Å². The lowest BCUT2D eigenvalue weighted by Crippen LogP contribution is -2.15. The van der Waals surface area contributed by atoms with Crippen LogP contribution < -0.4 is 19.5 Å². The highest BCUT2D eigenvalue weighted by molar-refractivity contribution is 7.92. The van der Waals surface area contributed by atoms with E-state index in [1.165, 1.54) is 31.4 Å². The Hall–Kier alpha value is -3.78. The average Bonchev–Trinajstić information content (AvgIpc) is 2.78. The Morgan fingerprint density at radius 2 is 1.68 bits per heavy atom. The zero-order chi connectivity index (χ0) is 22.3. The molecule has 160 valence electrons. The summed E-state index contributed by atoms with van der Waals surface area (Å²) in [5.41, 5.74) is 1.28. The van der Waals surface area contributed by atoms with Gasteiger partial charge in [0, 0.05) is 23.0 Å². The van der Waals surface area contributed by atoms with Gasteiger partial charge in [-0.2, -0.15) is 0 Å². The van der Waals surface area contributed by atoms with E-state index in [9.17, 15) is 13.2 Å². The topological polar surface area (TPSA) is 93.7 Å². The Kier molecular flexibility index (Phi) is 6.94. The summed E-state index contributed by atoms with van der Waals surface area (Å²) in [6, 6.07) is 19.1. The molecule has 0 unspecified atom stereocenters. The molecule has 0 saturated carbocycles. The summed E-state index contributed by atoms with van der Waals surface area (Å²) < 4.78 is 38.2. The number of nitrogens with one attached hydrogen (secondary N) is 2. The first-order chi connectivity index (χ1) is 14.9. The maximum atomic E-state index is 12.6. The fraction of sp³-hybridized carbons (Fsp3) is 0.0870. The minimum atomic E-state index is -3.80. The van der Waals surface area contributed by atoms with Crippen molar-refractivity contribution >= 4 is 27.3 Å². The lowest BCUT2D eigenvalue weighted by Gasteiger charge is -2.10. The molecule has 3 aromatic rings.